The lowest BCUT2D eigenvalue weighted by Crippen LogP contribution is -2.50. The first kappa shape index (κ1) is 85.4. The van der Waals surface area contributed by atoms with E-state index in [0.717, 1.165) is 299 Å². The summed E-state index contributed by atoms with van der Waals surface area (Å²) in [7, 11) is 0. The lowest BCUT2D eigenvalue weighted by atomic mass is 9.94. The molecule has 12 aromatic rings. The lowest BCUT2D eigenvalue weighted by molar-refractivity contribution is 0.209. The first-order chi connectivity index (χ1) is 62.1. The number of nitrogens with one attached hydrogen (secondary N) is 8. The minimum absolute atomic E-state index is 0.117. The van der Waals surface area contributed by atoms with Crippen LogP contribution in [0.5, 0.6) is 0 Å². The molecule has 9 aliphatic heterocycles. The number of halogens is 4. The van der Waals surface area contributed by atoms with Gasteiger partial charge in [0.2, 0.25) is 0 Å². The Balaban J connectivity index is 0.000000107. The van der Waals surface area contributed by atoms with E-state index in [4.69, 9.17) is 31.5 Å². The van der Waals surface area contributed by atoms with E-state index in [1.165, 1.54) is 86.4 Å². The van der Waals surface area contributed by atoms with Crippen molar-refractivity contribution in [2.75, 3.05) is 124 Å². The van der Waals surface area contributed by atoms with E-state index in [1.807, 2.05) is 39.1 Å². The van der Waals surface area contributed by atoms with Gasteiger partial charge in [0.15, 0.2) is 0 Å². The Labute approximate surface area is 748 Å². The van der Waals surface area contributed by atoms with Crippen molar-refractivity contribution in [1.82, 2.24) is 101 Å². The molecule has 23 rings (SSSR count). The van der Waals surface area contributed by atoms with E-state index in [2.05, 4.69) is 187 Å². The smallest absolute Gasteiger partial charge is 0.141 e. The zero-order valence-electron chi connectivity index (χ0n) is 74.3. The average molecular weight is 1740 g/mol. The molecule has 24 nitrogen and oxygen atoms in total. The van der Waals surface area contributed by atoms with E-state index >= 15 is 0 Å². The normalized spacial score (nSPS) is 24.9. The van der Waals surface area contributed by atoms with E-state index in [-0.39, 0.29) is 65.8 Å². The van der Waals surface area contributed by atoms with E-state index in [1.54, 1.807) is 18.2 Å². The zero-order chi connectivity index (χ0) is 86.3. The van der Waals surface area contributed by atoms with E-state index in [9.17, 15) is 13.2 Å². The highest BCUT2D eigenvalue weighted by molar-refractivity contribution is 6.31. The summed E-state index contributed by atoms with van der Waals surface area (Å²) in [4.78, 5) is 72.9. The quantitative estimate of drug-likeness (QED) is 0.0476. The summed E-state index contributed by atoms with van der Waals surface area (Å²) in [5.41, 5.74) is 20.2. The number of aromatic amines is 4. The zero-order valence-corrected chi connectivity index (χ0v) is 75.0. The number of piperazine rings is 4. The number of rotatable bonds is 15. The Hall–Kier alpha value is -9.68. The summed E-state index contributed by atoms with van der Waals surface area (Å²) < 4.78 is 40.6. The summed E-state index contributed by atoms with van der Waals surface area (Å²) in [6.07, 6.45) is 26.6. The van der Waals surface area contributed by atoms with Crippen LogP contribution in [0.2, 0.25) is 5.02 Å². The Morgan fingerprint density at radius 2 is 0.654 bits per heavy atom. The number of hydrogen-bond acceptors (Lipinski definition) is 20. The van der Waals surface area contributed by atoms with Gasteiger partial charge in [-0.1, -0.05) is 35.9 Å². The predicted octanol–water partition coefficient (Wildman–Crippen LogP) is 17.4. The highest BCUT2D eigenvalue weighted by atomic mass is 35.5. The number of fused-ring (bicyclic) bond motifs is 5. The third kappa shape index (κ3) is 18.9. The van der Waals surface area contributed by atoms with Gasteiger partial charge in [0, 0.05) is 129 Å². The molecular formula is C99H124ClF3N24. The number of imidazole rings is 4. The number of H-pyrrole nitrogens is 4. The molecule has 8 N–H and O–H groups in total. The van der Waals surface area contributed by atoms with Gasteiger partial charge >= 0.3 is 0 Å². The van der Waals surface area contributed by atoms with Crippen molar-refractivity contribution in [3.8, 4) is 0 Å². The van der Waals surface area contributed by atoms with Crippen LogP contribution in [0.1, 0.15) is 241 Å². The van der Waals surface area contributed by atoms with Gasteiger partial charge in [-0.05, 0) is 252 Å². The number of aromatic nitrogens is 12. The predicted molar refractivity (Wildman–Crippen MR) is 500 cm³/mol. The molecule has 4 aromatic carbocycles. The van der Waals surface area contributed by atoms with Gasteiger partial charge in [-0.2, -0.15) is 0 Å². The summed E-state index contributed by atoms with van der Waals surface area (Å²) in [6.45, 7) is 28.1. The van der Waals surface area contributed by atoms with Gasteiger partial charge in [-0.3, -0.25) is 60.8 Å². The van der Waals surface area contributed by atoms with Crippen LogP contribution in [-0.2, 0) is 0 Å². The number of pyridine rings is 4. The molecular weight excluding hydrogens is 1620 g/mol. The summed E-state index contributed by atoms with van der Waals surface area (Å²) in [5, 5.41) is 15.7. The molecule has 11 aliphatic rings. The number of anilines is 4. The van der Waals surface area contributed by atoms with Crippen molar-refractivity contribution in [3.05, 3.63) is 213 Å². The summed E-state index contributed by atoms with van der Waals surface area (Å²) in [5.74, 6) is 3.17. The standard InChI is InChI=1S/2C25H31FN6.C25H33FN6.C24H29ClN6/c1-16-13-17(26)14-27-23(16)19-6-2-8-21(28-19)25-29-20-7-3-9-22(24(20)30-25)32-12-11-31-10-4-5-18(31)15-32;1-16-14-17(26)15-27-23(16)19-4-2-6-21(28-19)25-29-20-5-3-7-22(24(20)30-25)32-12-10-31(11-13-32)18-8-9-18;1-16(2)31-10-12-32(13-11-31)22-9-5-7-20-24(22)30-25(29-20)21-8-4-6-19(28-21)23-17(3)14-18(26)15-27-23;25-17-4-3-11-26-22(17)18-5-1-7-20(27-18)24-28-19-6-2-8-21(23(19)29-24)31-14-12-30(13-15-31)16-9-10-16/h3,7,9,13-14,18-19,21,28H,2,4-6,8,10-12,15H2,1H3,(H,29,30);3,5,7,14-15,18-19,21,28H,2,4,6,8-13H2,1H3,(H,29,30);5,7,9,14-16,19,21,28H,4,6,8,10-13H2,1-3H3,(H,29,30);2-4,6,8,11,16,18,20,27H,1,5,7,9-10,12-15H2,(H,28,29)/t18?,19-,21+;2*19-,21+;18-,20+/m0000/s1. The molecule has 0 spiro atoms. The van der Waals surface area contributed by atoms with E-state index < -0.39 is 0 Å². The molecule has 0 amide bonds. The van der Waals surface area contributed by atoms with Gasteiger partial charge in [-0.15, -0.1) is 0 Å². The second-order valence-electron chi connectivity index (χ2n) is 37.8. The molecule has 0 bridgehead atoms. The van der Waals surface area contributed by atoms with Gasteiger partial charge in [0.05, 0.1) is 140 Å². The van der Waals surface area contributed by atoms with Crippen molar-refractivity contribution >= 4 is 78.5 Å². The highest BCUT2D eigenvalue weighted by Crippen LogP contribution is 2.43. The Morgan fingerprint density at radius 3 is 0.992 bits per heavy atom. The maximum atomic E-state index is 13.5. The van der Waals surface area contributed by atoms with Crippen LogP contribution in [0.4, 0.5) is 35.9 Å². The van der Waals surface area contributed by atoms with Gasteiger partial charge < -0.3 is 39.5 Å². The van der Waals surface area contributed by atoms with Crippen molar-refractivity contribution in [2.45, 2.75) is 223 Å². The number of benzene rings is 4. The molecule has 17 heterocycles. The molecule has 668 valence electrons. The number of para-hydroxylation sites is 4. The summed E-state index contributed by atoms with van der Waals surface area (Å²) >= 11 is 6.42. The average Bonchev–Trinajstić information content (AvgIpc) is 1.65. The Bertz CT molecular complexity index is 5630. The fraction of sp³-hybridized carbons (Fsp3) is 0.515. The van der Waals surface area contributed by atoms with Gasteiger partial charge in [0.1, 0.15) is 62.8 Å². The van der Waals surface area contributed by atoms with Crippen LogP contribution in [0.3, 0.4) is 0 Å². The molecule has 0 radical (unpaired) electrons. The van der Waals surface area contributed by atoms with Crippen LogP contribution >= 0.6 is 11.6 Å². The number of hydrogen-bond donors (Lipinski definition) is 8. The van der Waals surface area contributed by atoms with Crippen molar-refractivity contribution in [2.24, 2.45) is 0 Å². The largest absolute Gasteiger partial charge is 0.367 e. The van der Waals surface area contributed by atoms with Crippen LogP contribution in [0.25, 0.3) is 44.1 Å². The highest BCUT2D eigenvalue weighted by Gasteiger charge is 2.39. The summed E-state index contributed by atoms with van der Waals surface area (Å²) in [6, 6.07) is 38.6. The van der Waals surface area contributed by atoms with Crippen LogP contribution < -0.4 is 40.9 Å². The maximum absolute atomic E-state index is 13.5. The second-order valence-corrected chi connectivity index (χ2v) is 38.2. The topological polar surface area (TPSA) is 240 Å². The number of piperidine rings is 4. The van der Waals surface area contributed by atoms with E-state index in [0.29, 0.717) is 12.1 Å². The van der Waals surface area contributed by atoms with Crippen LogP contribution in [0, 0.1) is 38.2 Å². The van der Waals surface area contributed by atoms with Gasteiger partial charge in [-0.25, -0.2) is 33.1 Å². The minimum atomic E-state index is -0.280. The first-order valence-electron chi connectivity index (χ1n) is 47.5. The Kier molecular flexibility index (Phi) is 25.4. The molecule has 11 fully saturated rings. The van der Waals surface area contributed by atoms with Crippen molar-refractivity contribution < 1.29 is 13.2 Å². The maximum Gasteiger partial charge on any atom is 0.141 e. The number of aryl methyl sites for hydroxylation is 3. The molecule has 2 saturated carbocycles. The molecule has 9 atom stereocenters. The lowest BCUT2D eigenvalue weighted by Gasteiger charge is -2.38. The van der Waals surface area contributed by atoms with Crippen molar-refractivity contribution in [1.29, 1.82) is 0 Å². The third-order valence-corrected chi connectivity index (χ3v) is 29.3. The van der Waals surface area contributed by atoms with Crippen LogP contribution in [-0.4, -0.2) is 208 Å². The number of nitrogens with zero attached hydrogens (tertiary/aromatic N) is 16. The Morgan fingerprint density at radius 1 is 0.331 bits per heavy atom. The fourth-order valence-corrected chi connectivity index (χ4v) is 22.2. The molecule has 28 heteroatoms. The molecule has 1 unspecified atom stereocenters. The minimum Gasteiger partial charge on any atom is -0.367 e. The van der Waals surface area contributed by atoms with Gasteiger partial charge in [0.25, 0.3) is 0 Å². The first-order valence-corrected chi connectivity index (χ1v) is 47.9. The second kappa shape index (κ2) is 37.8. The molecule has 2 aliphatic carbocycles. The fourth-order valence-electron chi connectivity index (χ4n) is 21.9. The molecule has 127 heavy (non-hydrogen) atoms. The molecule has 8 aromatic heterocycles. The SMILES string of the molecule is Cc1cc(F)cnc1[C@@H]1CCC[C@H](c2nc3c(N4CCN(C(C)C)CC4)cccc3[nH]2)N1.Cc1cc(F)cnc1[C@@H]1CCC[C@H](c2nc3c(N4CCN(C5CC5)CC4)cccc3[nH]2)N1.Cc1cc(F)cnc1[C@@H]1CCC[C@H](c2nc3c(N4CCN5CCCC5C4)cccc3[nH]2)N1.Clc1cccnc1[C@@H]1CCC[C@H](c2nc3c(N4CCN(C5CC5)CC4)cccc3[nH]2)N1. The van der Waals surface area contributed by atoms with Crippen molar-refractivity contribution in [3.63, 3.8) is 0 Å². The molecule has 9 saturated heterocycles. The van der Waals surface area contributed by atoms with Crippen LogP contribution in [0.15, 0.2) is 128 Å². The third-order valence-electron chi connectivity index (χ3n) is 29.0. The monoisotopic (exact) mass is 1740 g/mol.